The first-order valence-electron chi connectivity index (χ1n) is 10.4. The van der Waals surface area contributed by atoms with Crippen LogP contribution in [0, 0.1) is 0 Å². The van der Waals surface area contributed by atoms with E-state index in [1.807, 2.05) is 31.2 Å². The molecule has 0 fully saturated rings. The summed E-state index contributed by atoms with van der Waals surface area (Å²) >= 11 is 0. The van der Waals surface area contributed by atoms with E-state index in [-0.39, 0.29) is 13.2 Å². The number of aliphatic hydroxyl groups excluding tert-OH is 1. The van der Waals surface area contributed by atoms with Gasteiger partial charge in [-0.3, -0.25) is 5.32 Å². The highest BCUT2D eigenvalue weighted by atomic mass is 16.5. The van der Waals surface area contributed by atoms with Crippen LogP contribution in [0.5, 0.6) is 11.5 Å². The van der Waals surface area contributed by atoms with Gasteiger partial charge in [0.15, 0.2) is 0 Å². The van der Waals surface area contributed by atoms with Crippen molar-refractivity contribution in [2.45, 2.75) is 19.4 Å². The molecule has 0 aromatic heterocycles. The number of amides is 1. The summed E-state index contributed by atoms with van der Waals surface area (Å²) in [6.07, 6.45) is -0.668. The van der Waals surface area contributed by atoms with Gasteiger partial charge in [0, 0.05) is 18.8 Å². The number of nitrogens with one attached hydrogen (secondary N) is 2. The predicted molar refractivity (Wildman–Crippen MR) is 119 cm³/mol. The third-order valence-corrected chi connectivity index (χ3v) is 4.20. The number of anilines is 1. The Bertz CT molecular complexity index is 825. The number of hydrogen-bond donors (Lipinski definition) is 3. The summed E-state index contributed by atoms with van der Waals surface area (Å²) in [5.41, 5.74) is 0.814. The molecule has 1 unspecified atom stereocenters. The lowest BCUT2D eigenvalue weighted by Crippen LogP contribution is -2.33. The van der Waals surface area contributed by atoms with Gasteiger partial charge in [-0.15, -0.1) is 0 Å². The van der Waals surface area contributed by atoms with Crippen molar-refractivity contribution in [3.8, 4) is 11.5 Å². The van der Waals surface area contributed by atoms with E-state index in [1.165, 1.54) is 12.1 Å². The third-order valence-electron chi connectivity index (χ3n) is 4.20. The van der Waals surface area contributed by atoms with Crippen molar-refractivity contribution in [3.05, 3.63) is 54.1 Å². The van der Waals surface area contributed by atoms with Crippen LogP contribution in [0.25, 0.3) is 0 Å². The van der Waals surface area contributed by atoms with Crippen LogP contribution < -0.4 is 20.1 Å². The fourth-order valence-electron chi connectivity index (χ4n) is 2.53. The highest BCUT2D eigenvalue weighted by Gasteiger charge is 2.11. The van der Waals surface area contributed by atoms with Crippen LogP contribution in [0.1, 0.15) is 23.7 Å². The van der Waals surface area contributed by atoms with E-state index < -0.39 is 18.2 Å². The molecule has 1 amide bonds. The maximum absolute atomic E-state index is 12.1. The Labute approximate surface area is 187 Å². The molecule has 2 aromatic carbocycles. The molecule has 0 bridgehead atoms. The molecule has 0 aliphatic rings. The summed E-state index contributed by atoms with van der Waals surface area (Å²) in [6.45, 7) is 3.29. The van der Waals surface area contributed by atoms with Crippen LogP contribution >= 0.6 is 0 Å². The molecule has 0 radical (unpaired) electrons. The number of carbonyl (C=O) groups excluding carboxylic acids is 2. The average molecular weight is 447 g/mol. The van der Waals surface area contributed by atoms with Crippen LogP contribution in [-0.4, -0.2) is 63.3 Å². The molecule has 9 nitrogen and oxygen atoms in total. The zero-order chi connectivity index (χ0) is 23.2. The van der Waals surface area contributed by atoms with E-state index in [2.05, 4.69) is 10.6 Å². The maximum atomic E-state index is 12.1. The van der Waals surface area contributed by atoms with Gasteiger partial charge in [-0.25, -0.2) is 9.59 Å². The first-order valence-corrected chi connectivity index (χ1v) is 10.4. The van der Waals surface area contributed by atoms with Gasteiger partial charge in [0.05, 0.1) is 19.3 Å². The number of aliphatic hydroxyl groups is 1. The van der Waals surface area contributed by atoms with E-state index in [1.54, 1.807) is 19.2 Å². The highest BCUT2D eigenvalue weighted by molar-refractivity contribution is 5.91. The minimum atomic E-state index is -0.853. The first kappa shape index (κ1) is 25.0. The van der Waals surface area contributed by atoms with Gasteiger partial charge < -0.3 is 29.4 Å². The molecule has 1 atom stereocenters. The Morgan fingerprint density at radius 1 is 0.969 bits per heavy atom. The minimum Gasteiger partial charge on any atom is -0.497 e. The van der Waals surface area contributed by atoms with Gasteiger partial charge in [-0.2, -0.15) is 0 Å². The van der Waals surface area contributed by atoms with E-state index in [4.69, 9.17) is 18.9 Å². The number of benzene rings is 2. The lowest BCUT2D eigenvalue weighted by atomic mass is 10.2. The summed E-state index contributed by atoms with van der Waals surface area (Å²) in [4.78, 5) is 23.6. The van der Waals surface area contributed by atoms with Crippen LogP contribution in [0.15, 0.2) is 48.5 Å². The van der Waals surface area contributed by atoms with Crippen LogP contribution in [-0.2, 0) is 9.47 Å². The number of carbonyl (C=O) groups is 2. The molecular formula is C23H30N2O7. The van der Waals surface area contributed by atoms with Gasteiger partial charge in [-0.05, 0) is 55.0 Å². The lowest BCUT2D eigenvalue weighted by molar-refractivity contribution is 0.0258. The molecular weight excluding hydrogens is 416 g/mol. The van der Waals surface area contributed by atoms with Gasteiger partial charge in [0.1, 0.15) is 30.8 Å². The second kappa shape index (κ2) is 13.9. The first-order chi connectivity index (χ1) is 15.5. The SMILES string of the molecule is CCCOC(=O)Nc1ccc(C(=O)OCC(O)CNCCOc2ccc(OC)cc2)cc1. The van der Waals surface area contributed by atoms with E-state index >= 15 is 0 Å². The number of methoxy groups -OCH3 is 1. The Kier molecular flexibility index (Phi) is 10.8. The molecule has 0 heterocycles. The average Bonchev–Trinajstić information content (AvgIpc) is 2.81. The normalized spacial score (nSPS) is 11.3. The van der Waals surface area contributed by atoms with Crippen molar-refractivity contribution < 1.29 is 33.6 Å². The Morgan fingerprint density at radius 3 is 2.31 bits per heavy atom. The summed E-state index contributed by atoms with van der Waals surface area (Å²) in [6, 6.07) is 13.5. The third kappa shape index (κ3) is 9.23. The number of ether oxygens (including phenoxy) is 4. The molecule has 32 heavy (non-hydrogen) atoms. The molecule has 9 heteroatoms. The van der Waals surface area contributed by atoms with Crippen molar-refractivity contribution in [1.29, 1.82) is 0 Å². The molecule has 0 aliphatic heterocycles. The van der Waals surface area contributed by atoms with Crippen molar-refractivity contribution in [3.63, 3.8) is 0 Å². The smallest absolute Gasteiger partial charge is 0.411 e. The summed E-state index contributed by atoms with van der Waals surface area (Å²) in [5, 5.41) is 15.6. The van der Waals surface area contributed by atoms with Crippen molar-refractivity contribution in [2.75, 3.05) is 45.3 Å². The van der Waals surface area contributed by atoms with E-state index in [9.17, 15) is 14.7 Å². The second-order valence-electron chi connectivity index (χ2n) is 6.82. The van der Waals surface area contributed by atoms with Gasteiger partial charge in [0.25, 0.3) is 0 Å². The van der Waals surface area contributed by atoms with Gasteiger partial charge in [-0.1, -0.05) is 6.92 Å². The molecule has 0 spiro atoms. The summed E-state index contributed by atoms with van der Waals surface area (Å²) in [7, 11) is 1.60. The number of esters is 1. The predicted octanol–water partition coefficient (Wildman–Crippen LogP) is 2.84. The minimum absolute atomic E-state index is 0.144. The summed E-state index contributed by atoms with van der Waals surface area (Å²) in [5.74, 6) is 0.918. The van der Waals surface area contributed by atoms with Crippen LogP contribution in [0.4, 0.5) is 10.5 Å². The molecule has 0 saturated carbocycles. The lowest BCUT2D eigenvalue weighted by Gasteiger charge is -2.13. The fourth-order valence-corrected chi connectivity index (χ4v) is 2.53. The molecule has 0 saturated heterocycles. The Balaban J connectivity index is 1.60. The van der Waals surface area contributed by atoms with E-state index in [0.717, 1.165) is 17.9 Å². The zero-order valence-electron chi connectivity index (χ0n) is 18.3. The van der Waals surface area contributed by atoms with Gasteiger partial charge >= 0.3 is 12.1 Å². The Hall–Kier alpha value is -3.30. The second-order valence-corrected chi connectivity index (χ2v) is 6.82. The van der Waals surface area contributed by atoms with Crippen LogP contribution in [0.3, 0.4) is 0 Å². The monoisotopic (exact) mass is 446 g/mol. The molecule has 3 N–H and O–H groups in total. The highest BCUT2D eigenvalue weighted by Crippen LogP contribution is 2.16. The molecule has 0 aliphatic carbocycles. The van der Waals surface area contributed by atoms with E-state index in [0.29, 0.717) is 31.0 Å². The van der Waals surface area contributed by atoms with Crippen molar-refractivity contribution >= 4 is 17.7 Å². The molecule has 2 rings (SSSR count). The zero-order valence-corrected chi connectivity index (χ0v) is 18.3. The molecule has 2 aromatic rings. The largest absolute Gasteiger partial charge is 0.497 e. The summed E-state index contributed by atoms with van der Waals surface area (Å²) < 4.78 is 20.7. The van der Waals surface area contributed by atoms with Crippen LogP contribution in [0.2, 0.25) is 0 Å². The standard InChI is InChI=1S/C23H30N2O7/c1-3-13-31-23(28)25-18-6-4-17(5-7-18)22(27)32-16-19(26)15-24-12-14-30-21-10-8-20(29-2)9-11-21/h4-11,19,24,26H,3,12-16H2,1-2H3,(H,25,28). The quantitative estimate of drug-likeness (QED) is 0.318. The number of rotatable bonds is 13. The topological polar surface area (TPSA) is 115 Å². The number of hydrogen-bond acceptors (Lipinski definition) is 8. The van der Waals surface area contributed by atoms with Gasteiger partial charge in [0.2, 0.25) is 0 Å². The van der Waals surface area contributed by atoms with Crippen molar-refractivity contribution in [2.24, 2.45) is 0 Å². The Morgan fingerprint density at radius 2 is 1.66 bits per heavy atom. The molecule has 174 valence electrons. The van der Waals surface area contributed by atoms with Crippen molar-refractivity contribution in [1.82, 2.24) is 5.32 Å². The maximum Gasteiger partial charge on any atom is 0.411 e. The fraction of sp³-hybridized carbons (Fsp3) is 0.391.